The summed E-state index contributed by atoms with van der Waals surface area (Å²) in [6, 6.07) is 14.6. The molecule has 2 aromatic carbocycles. The third-order valence-corrected chi connectivity index (χ3v) is 7.08. The molecule has 1 aliphatic heterocycles. The van der Waals surface area contributed by atoms with Crippen LogP contribution in [0.5, 0.6) is 5.75 Å². The second-order valence-corrected chi connectivity index (χ2v) is 9.31. The maximum atomic E-state index is 13.3. The summed E-state index contributed by atoms with van der Waals surface area (Å²) < 4.78 is 33.5. The summed E-state index contributed by atoms with van der Waals surface area (Å²) in [6.45, 7) is 7.34. The number of likely N-dealkylation sites (N-methyl/N-ethyl adjacent to an activating group) is 1. The number of benzene rings is 2. The molecule has 7 heteroatoms. The quantitative estimate of drug-likeness (QED) is 0.622. The molecule has 0 aliphatic carbocycles. The first kappa shape index (κ1) is 19.9. The fraction of sp³-hybridized carbons (Fsp3) is 0.364. The number of aromatic nitrogens is 1. The van der Waals surface area contributed by atoms with Gasteiger partial charge < -0.3 is 9.64 Å². The van der Waals surface area contributed by atoms with Gasteiger partial charge in [-0.3, -0.25) is 4.90 Å². The molecule has 29 heavy (non-hydrogen) atoms. The van der Waals surface area contributed by atoms with E-state index in [1.54, 1.807) is 24.4 Å². The number of piperazine rings is 1. The molecular formula is C22H27N3O3S. The lowest BCUT2D eigenvalue weighted by Gasteiger charge is -2.32. The molecule has 0 radical (unpaired) electrons. The Bertz CT molecular complexity index is 1100. The zero-order valence-electron chi connectivity index (χ0n) is 16.9. The molecule has 0 atom stereocenters. The fourth-order valence-corrected chi connectivity index (χ4v) is 5.17. The lowest BCUT2D eigenvalue weighted by molar-refractivity contribution is 0.148. The van der Waals surface area contributed by atoms with Crippen LogP contribution in [0.3, 0.4) is 0 Å². The largest absolute Gasteiger partial charge is 0.494 e. The Labute approximate surface area is 172 Å². The Hall–Kier alpha value is -2.35. The van der Waals surface area contributed by atoms with Crippen LogP contribution in [0.1, 0.15) is 12.5 Å². The molecule has 1 saturated heterocycles. The van der Waals surface area contributed by atoms with Gasteiger partial charge in [0.2, 0.25) is 0 Å². The van der Waals surface area contributed by atoms with Crippen LogP contribution in [0.2, 0.25) is 0 Å². The monoisotopic (exact) mass is 413 g/mol. The minimum atomic E-state index is -3.67. The van der Waals surface area contributed by atoms with E-state index in [0.29, 0.717) is 17.0 Å². The summed E-state index contributed by atoms with van der Waals surface area (Å²) in [7, 11) is -1.54. The third kappa shape index (κ3) is 4.17. The van der Waals surface area contributed by atoms with E-state index in [1.165, 1.54) is 3.97 Å². The van der Waals surface area contributed by atoms with Crippen molar-refractivity contribution < 1.29 is 13.2 Å². The second-order valence-electron chi connectivity index (χ2n) is 7.50. The molecule has 1 aromatic heterocycles. The van der Waals surface area contributed by atoms with Gasteiger partial charge in [-0.15, -0.1) is 0 Å². The molecular weight excluding hydrogens is 386 g/mol. The standard InChI is InChI=1S/C22H27N3O3S/c1-3-28-20-7-8-22-19(16-20)9-10-25(22)29(26,27)21-6-4-5-18(15-21)17-24-13-11-23(2)12-14-24/h4-10,15-16H,3,11-14,17H2,1-2H3. The van der Waals surface area contributed by atoms with Crippen molar-refractivity contribution in [1.29, 1.82) is 0 Å². The highest BCUT2D eigenvalue weighted by Gasteiger charge is 2.20. The van der Waals surface area contributed by atoms with E-state index in [0.717, 1.165) is 49.4 Å². The molecule has 0 unspecified atom stereocenters. The van der Waals surface area contributed by atoms with Gasteiger partial charge in [-0.1, -0.05) is 12.1 Å². The number of hydrogen-bond donors (Lipinski definition) is 0. The smallest absolute Gasteiger partial charge is 0.268 e. The summed E-state index contributed by atoms with van der Waals surface area (Å²) in [5.74, 6) is 0.740. The van der Waals surface area contributed by atoms with Gasteiger partial charge in [0.1, 0.15) is 5.75 Å². The fourth-order valence-electron chi connectivity index (χ4n) is 3.74. The Morgan fingerprint density at radius 1 is 1.00 bits per heavy atom. The highest BCUT2D eigenvalue weighted by Crippen LogP contribution is 2.26. The van der Waals surface area contributed by atoms with Gasteiger partial charge in [0.25, 0.3) is 10.0 Å². The predicted octanol–water partition coefficient (Wildman–Crippen LogP) is 3.02. The Kier molecular flexibility index (Phi) is 5.63. The highest BCUT2D eigenvalue weighted by molar-refractivity contribution is 7.90. The molecule has 1 fully saturated rings. The van der Waals surface area contributed by atoms with Crippen LogP contribution in [0.4, 0.5) is 0 Å². The first-order valence-corrected chi connectivity index (χ1v) is 11.4. The van der Waals surface area contributed by atoms with Gasteiger partial charge >= 0.3 is 0 Å². The van der Waals surface area contributed by atoms with Crippen LogP contribution in [0.15, 0.2) is 59.6 Å². The maximum Gasteiger partial charge on any atom is 0.268 e. The molecule has 0 spiro atoms. The van der Waals surface area contributed by atoms with Gasteiger partial charge in [0.15, 0.2) is 0 Å². The zero-order valence-corrected chi connectivity index (χ0v) is 17.7. The van der Waals surface area contributed by atoms with Crippen molar-refractivity contribution in [3.8, 4) is 5.75 Å². The van der Waals surface area contributed by atoms with E-state index < -0.39 is 10.0 Å². The summed E-state index contributed by atoms with van der Waals surface area (Å²) in [6.07, 6.45) is 1.61. The predicted molar refractivity (Wildman–Crippen MR) is 115 cm³/mol. The maximum absolute atomic E-state index is 13.3. The van der Waals surface area contributed by atoms with Crippen LogP contribution in [0, 0.1) is 0 Å². The van der Waals surface area contributed by atoms with Crippen LogP contribution < -0.4 is 4.74 Å². The van der Waals surface area contributed by atoms with E-state index >= 15 is 0 Å². The second kappa shape index (κ2) is 8.18. The van der Waals surface area contributed by atoms with Crippen molar-refractivity contribution in [3.05, 3.63) is 60.3 Å². The summed E-state index contributed by atoms with van der Waals surface area (Å²) in [5.41, 5.74) is 1.67. The Balaban J connectivity index is 1.61. The number of hydrogen-bond acceptors (Lipinski definition) is 5. The summed E-state index contributed by atoms with van der Waals surface area (Å²) >= 11 is 0. The summed E-state index contributed by atoms with van der Waals surface area (Å²) in [5, 5.41) is 0.841. The Morgan fingerprint density at radius 2 is 1.79 bits per heavy atom. The molecule has 0 saturated carbocycles. The number of ether oxygens (including phenoxy) is 1. The van der Waals surface area contributed by atoms with Gasteiger partial charge in [-0.25, -0.2) is 12.4 Å². The average Bonchev–Trinajstić information content (AvgIpc) is 3.14. The number of rotatable bonds is 6. The van der Waals surface area contributed by atoms with E-state index in [2.05, 4.69) is 16.8 Å². The zero-order chi connectivity index (χ0) is 20.4. The molecule has 0 bridgehead atoms. The molecule has 6 nitrogen and oxygen atoms in total. The van der Waals surface area contributed by atoms with Crippen molar-refractivity contribution in [2.24, 2.45) is 0 Å². The minimum absolute atomic E-state index is 0.315. The highest BCUT2D eigenvalue weighted by atomic mass is 32.2. The molecule has 4 rings (SSSR count). The van der Waals surface area contributed by atoms with Crippen LogP contribution in [-0.4, -0.2) is 62.0 Å². The van der Waals surface area contributed by atoms with Gasteiger partial charge in [0.05, 0.1) is 17.0 Å². The molecule has 0 amide bonds. The van der Waals surface area contributed by atoms with Crippen LogP contribution in [0.25, 0.3) is 10.9 Å². The first-order chi connectivity index (χ1) is 14.0. The molecule has 0 N–H and O–H groups in total. The normalized spacial score (nSPS) is 16.3. The third-order valence-electron chi connectivity index (χ3n) is 5.39. The van der Waals surface area contributed by atoms with Crippen molar-refractivity contribution in [3.63, 3.8) is 0 Å². The van der Waals surface area contributed by atoms with Crippen molar-refractivity contribution >= 4 is 20.9 Å². The minimum Gasteiger partial charge on any atom is -0.494 e. The SMILES string of the molecule is CCOc1ccc2c(ccn2S(=O)(=O)c2cccc(CN3CCN(C)CC3)c2)c1. The molecule has 2 heterocycles. The average molecular weight is 414 g/mol. The van der Waals surface area contributed by atoms with E-state index in [9.17, 15) is 8.42 Å². The van der Waals surface area contributed by atoms with E-state index in [-0.39, 0.29) is 0 Å². The van der Waals surface area contributed by atoms with Crippen molar-refractivity contribution in [1.82, 2.24) is 13.8 Å². The van der Waals surface area contributed by atoms with Crippen molar-refractivity contribution in [2.45, 2.75) is 18.4 Å². The first-order valence-electron chi connectivity index (χ1n) is 9.97. The van der Waals surface area contributed by atoms with Crippen LogP contribution in [-0.2, 0) is 16.6 Å². The van der Waals surface area contributed by atoms with E-state index in [1.807, 2.05) is 37.3 Å². The van der Waals surface area contributed by atoms with Crippen LogP contribution >= 0.6 is 0 Å². The molecule has 154 valence electrons. The van der Waals surface area contributed by atoms with Gasteiger partial charge in [0, 0.05) is 44.3 Å². The summed E-state index contributed by atoms with van der Waals surface area (Å²) in [4.78, 5) is 4.99. The Morgan fingerprint density at radius 3 is 2.55 bits per heavy atom. The topological polar surface area (TPSA) is 54.8 Å². The molecule has 3 aromatic rings. The number of nitrogens with zero attached hydrogens (tertiary/aromatic N) is 3. The van der Waals surface area contributed by atoms with Crippen molar-refractivity contribution in [2.75, 3.05) is 39.8 Å². The lowest BCUT2D eigenvalue weighted by atomic mass is 10.2. The molecule has 1 aliphatic rings. The number of fused-ring (bicyclic) bond motifs is 1. The van der Waals surface area contributed by atoms with Gasteiger partial charge in [-0.2, -0.15) is 0 Å². The van der Waals surface area contributed by atoms with E-state index in [4.69, 9.17) is 4.74 Å². The van der Waals surface area contributed by atoms with Gasteiger partial charge in [-0.05, 0) is 55.9 Å². The lowest BCUT2D eigenvalue weighted by Crippen LogP contribution is -2.43.